The Bertz CT molecular complexity index is 1240. The van der Waals surface area contributed by atoms with E-state index in [9.17, 15) is 19.2 Å². The number of imide groups is 1. The van der Waals surface area contributed by atoms with Crippen LogP contribution in [0.2, 0.25) is 10.0 Å². The number of hydrogen-bond acceptors (Lipinski definition) is 5. The predicted octanol–water partition coefficient (Wildman–Crippen LogP) is 4.97. The van der Waals surface area contributed by atoms with E-state index in [1.54, 1.807) is 24.3 Å². The number of benzene rings is 2. The van der Waals surface area contributed by atoms with Gasteiger partial charge in [0, 0.05) is 11.1 Å². The maximum Gasteiger partial charge on any atom is 0.273 e. The van der Waals surface area contributed by atoms with Crippen LogP contribution < -0.4 is 4.74 Å². The van der Waals surface area contributed by atoms with Gasteiger partial charge in [-0.3, -0.25) is 19.2 Å². The Morgan fingerprint density at radius 1 is 1.00 bits per heavy atom. The summed E-state index contributed by atoms with van der Waals surface area (Å²) in [4.78, 5) is 54.0. The van der Waals surface area contributed by atoms with E-state index in [1.807, 2.05) is 13.0 Å². The monoisotopic (exact) mass is 514 g/mol. The van der Waals surface area contributed by atoms with Gasteiger partial charge < -0.3 is 4.74 Å². The van der Waals surface area contributed by atoms with Crippen LogP contribution in [-0.2, 0) is 9.59 Å². The van der Waals surface area contributed by atoms with Crippen molar-refractivity contribution < 1.29 is 23.9 Å². The van der Waals surface area contributed by atoms with E-state index < -0.39 is 41.4 Å². The average Bonchev–Trinajstić information content (AvgIpc) is 3.09. The van der Waals surface area contributed by atoms with Crippen molar-refractivity contribution in [2.75, 3.05) is 7.11 Å². The van der Waals surface area contributed by atoms with Gasteiger partial charge in [-0.1, -0.05) is 34.9 Å². The molecule has 1 fully saturated rings. The van der Waals surface area contributed by atoms with Gasteiger partial charge in [-0.25, -0.2) is 5.01 Å². The van der Waals surface area contributed by atoms with E-state index in [2.05, 4.69) is 0 Å². The van der Waals surface area contributed by atoms with E-state index in [1.165, 1.54) is 32.2 Å². The lowest BCUT2D eigenvalue weighted by Gasteiger charge is -2.34. The number of halogens is 2. The first kappa shape index (κ1) is 24.9. The summed E-state index contributed by atoms with van der Waals surface area (Å²) in [6.07, 6.45) is 2.78. The molecule has 3 atom stereocenters. The lowest BCUT2D eigenvalue weighted by molar-refractivity contribution is -0.156. The van der Waals surface area contributed by atoms with Crippen molar-refractivity contribution in [1.82, 2.24) is 10.0 Å². The van der Waals surface area contributed by atoms with Gasteiger partial charge in [0.05, 0.1) is 29.0 Å². The molecule has 182 valence electrons. The number of nitrogens with zero attached hydrogens (tertiary/aromatic N) is 2. The summed E-state index contributed by atoms with van der Waals surface area (Å²) < 4.78 is 5.14. The molecular weight excluding hydrogens is 491 g/mol. The number of ketones is 1. The number of amides is 3. The van der Waals surface area contributed by atoms with E-state index in [4.69, 9.17) is 27.9 Å². The Kier molecular flexibility index (Phi) is 7.01. The molecule has 0 N–H and O–H groups in total. The average molecular weight is 515 g/mol. The zero-order chi connectivity index (χ0) is 25.4. The molecule has 0 unspecified atom stereocenters. The minimum absolute atomic E-state index is 0.0959. The van der Waals surface area contributed by atoms with Crippen molar-refractivity contribution >= 4 is 46.7 Å². The number of methoxy groups -OCH3 is 1. The lowest BCUT2D eigenvalue weighted by atomic mass is 9.82. The molecule has 0 spiro atoms. The highest BCUT2D eigenvalue weighted by Crippen LogP contribution is 2.39. The molecule has 1 aliphatic carbocycles. The van der Waals surface area contributed by atoms with Crippen LogP contribution in [0.4, 0.5) is 0 Å². The Morgan fingerprint density at radius 2 is 1.63 bits per heavy atom. The first-order chi connectivity index (χ1) is 16.6. The molecule has 2 aliphatic rings. The summed E-state index contributed by atoms with van der Waals surface area (Å²) in [6.45, 7) is 3.40. The van der Waals surface area contributed by atoms with Gasteiger partial charge in [0.1, 0.15) is 11.8 Å². The summed E-state index contributed by atoms with van der Waals surface area (Å²) in [5.74, 6) is -2.70. The topological polar surface area (TPSA) is 84.0 Å². The molecule has 35 heavy (non-hydrogen) atoms. The molecule has 7 nitrogen and oxygen atoms in total. The van der Waals surface area contributed by atoms with Gasteiger partial charge in [-0.05, 0) is 69.2 Å². The number of rotatable bonds is 6. The third-order valence-corrected chi connectivity index (χ3v) is 7.25. The van der Waals surface area contributed by atoms with Gasteiger partial charge in [-0.15, -0.1) is 0 Å². The molecule has 4 rings (SSSR count). The highest BCUT2D eigenvalue weighted by molar-refractivity contribution is 6.42. The maximum atomic E-state index is 13.7. The van der Waals surface area contributed by atoms with Crippen LogP contribution in [0.25, 0.3) is 0 Å². The zero-order valence-corrected chi connectivity index (χ0v) is 21.0. The number of ether oxygens (including phenoxy) is 1. The van der Waals surface area contributed by atoms with Crippen molar-refractivity contribution in [2.45, 2.75) is 32.7 Å². The van der Waals surface area contributed by atoms with E-state index in [-0.39, 0.29) is 15.6 Å². The molecule has 0 radical (unpaired) electrons. The van der Waals surface area contributed by atoms with Crippen LogP contribution in [-0.4, -0.2) is 46.7 Å². The minimum atomic E-state index is -1.16. The zero-order valence-electron chi connectivity index (χ0n) is 19.5. The van der Waals surface area contributed by atoms with E-state index in [0.717, 1.165) is 15.6 Å². The van der Waals surface area contributed by atoms with Crippen molar-refractivity contribution in [3.05, 3.63) is 75.3 Å². The Balaban J connectivity index is 1.75. The number of hydrazine groups is 1. The minimum Gasteiger partial charge on any atom is -0.497 e. The van der Waals surface area contributed by atoms with Crippen molar-refractivity contribution in [1.29, 1.82) is 0 Å². The normalized spacial score (nSPS) is 20.3. The smallest absolute Gasteiger partial charge is 0.273 e. The number of fused-ring (bicyclic) bond motifs is 1. The number of hydrogen-bond donors (Lipinski definition) is 0. The molecule has 2 aromatic rings. The second kappa shape index (κ2) is 9.84. The fourth-order valence-corrected chi connectivity index (χ4v) is 4.84. The summed E-state index contributed by atoms with van der Waals surface area (Å²) in [5, 5.41) is 2.21. The van der Waals surface area contributed by atoms with Crippen molar-refractivity contribution in [3.63, 3.8) is 0 Å². The molecule has 0 aromatic heterocycles. The molecule has 1 saturated heterocycles. The number of allylic oxidation sites excluding steroid dienone is 2. The van der Waals surface area contributed by atoms with E-state index in [0.29, 0.717) is 24.2 Å². The molecule has 3 amide bonds. The molecule has 1 heterocycles. The fraction of sp³-hybridized carbons (Fsp3) is 0.308. The quantitative estimate of drug-likeness (QED) is 0.308. The maximum absolute atomic E-state index is 13.7. The number of carbonyl (C=O) groups excluding carboxylic acids is 4. The largest absolute Gasteiger partial charge is 0.497 e. The third-order valence-electron chi connectivity index (χ3n) is 6.51. The summed E-state index contributed by atoms with van der Waals surface area (Å²) in [5.41, 5.74) is 1.41. The molecule has 0 saturated carbocycles. The standard InChI is InChI=1S/C26H24Cl2N2O5/c1-14-4-10-19-20(12-14)26(34)30(25(19)33)29(24(32)17-7-11-21(27)22(28)13-17)15(2)23(31)16-5-8-18(35-3)9-6-16/h4-9,11,13,15,19-20H,10,12H2,1-3H3/t15-,19-,20+/m0/s1. The third kappa shape index (κ3) is 4.58. The van der Waals surface area contributed by atoms with Gasteiger partial charge >= 0.3 is 0 Å². The summed E-state index contributed by atoms with van der Waals surface area (Å²) in [6, 6.07) is 9.48. The number of Topliss-reactive ketones (excluding diaryl/α,β-unsaturated/α-hetero) is 1. The molecule has 2 aromatic carbocycles. The van der Waals surface area contributed by atoms with Gasteiger partial charge in [0.2, 0.25) is 0 Å². The Hall–Kier alpha value is -3.16. The SMILES string of the molecule is COc1ccc(C(=O)[C@H](C)N(C(=O)c2ccc(Cl)c(Cl)c2)N2C(=O)[C@H]3CC=C(C)C[C@H]3C2=O)cc1. The van der Waals surface area contributed by atoms with Crippen LogP contribution >= 0.6 is 23.2 Å². The van der Waals surface area contributed by atoms with Crippen LogP contribution in [0.15, 0.2) is 54.1 Å². The van der Waals surface area contributed by atoms with Gasteiger partial charge in [0.25, 0.3) is 17.7 Å². The lowest BCUT2D eigenvalue weighted by Crippen LogP contribution is -2.56. The molecule has 9 heteroatoms. The fourth-order valence-electron chi connectivity index (χ4n) is 4.54. The Morgan fingerprint density at radius 3 is 2.26 bits per heavy atom. The summed E-state index contributed by atoms with van der Waals surface area (Å²) >= 11 is 12.1. The van der Waals surface area contributed by atoms with Crippen LogP contribution in [0.5, 0.6) is 5.75 Å². The van der Waals surface area contributed by atoms with E-state index >= 15 is 0 Å². The second-order valence-electron chi connectivity index (χ2n) is 8.74. The number of carbonyl (C=O) groups is 4. The second-order valence-corrected chi connectivity index (χ2v) is 9.55. The highest BCUT2D eigenvalue weighted by atomic mass is 35.5. The summed E-state index contributed by atoms with van der Waals surface area (Å²) in [7, 11) is 1.51. The predicted molar refractivity (Wildman–Crippen MR) is 131 cm³/mol. The van der Waals surface area contributed by atoms with Crippen molar-refractivity contribution in [2.24, 2.45) is 11.8 Å². The van der Waals surface area contributed by atoms with Crippen molar-refractivity contribution in [3.8, 4) is 5.75 Å². The van der Waals surface area contributed by atoms with Crippen LogP contribution in [0.3, 0.4) is 0 Å². The highest BCUT2D eigenvalue weighted by Gasteiger charge is 2.53. The van der Waals surface area contributed by atoms with Crippen LogP contribution in [0, 0.1) is 11.8 Å². The molecule has 1 aliphatic heterocycles. The van der Waals surface area contributed by atoms with Gasteiger partial charge in [0.15, 0.2) is 5.78 Å². The van der Waals surface area contributed by atoms with Gasteiger partial charge in [-0.2, -0.15) is 5.01 Å². The van der Waals surface area contributed by atoms with Crippen LogP contribution in [0.1, 0.15) is 47.4 Å². The Labute approximate surface area is 213 Å². The first-order valence-electron chi connectivity index (χ1n) is 11.1. The molecular formula is C26H24Cl2N2O5. The molecule has 0 bridgehead atoms. The first-order valence-corrected chi connectivity index (χ1v) is 11.9.